The van der Waals surface area contributed by atoms with Crippen molar-refractivity contribution in [1.82, 2.24) is 15.1 Å². The maximum atomic E-state index is 12.9. The van der Waals surface area contributed by atoms with Crippen LogP contribution in [0, 0.1) is 6.92 Å². The summed E-state index contributed by atoms with van der Waals surface area (Å²) in [5, 5.41) is 9.69. The van der Waals surface area contributed by atoms with Gasteiger partial charge in [-0.25, -0.2) is 4.68 Å². The Kier molecular flexibility index (Phi) is 4.85. The Hall–Kier alpha value is -3.18. The van der Waals surface area contributed by atoms with Gasteiger partial charge in [-0.2, -0.15) is 5.10 Å². The van der Waals surface area contributed by atoms with Crippen molar-refractivity contribution in [3.05, 3.63) is 95.0 Å². The van der Waals surface area contributed by atoms with Crippen LogP contribution in [0.1, 0.15) is 21.5 Å². The van der Waals surface area contributed by atoms with Crippen molar-refractivity contribution in [2.75, 3.05) is 0 Å². The number of carbonyl (C=O) groups excluding carboxylic acids is 1. The van der Waals surface area contributed by atoms with Gasteiger partial charge in [0.25, 0.3) is 5.91 Å². The predicted octanol–water partition coefficient (Wildman–Crippen LogP) is 4.84. The Morgan fingerprint density at radius 1 is 1.07 bits per heavy atom. The molecule has 1 N–H and O–H groups in total. The molecule has 134 valence electrons. The average molecular weight is 373 g/mol. The maximum Gasteiger partial charge on any atom is 0.255 e. The molecule has 0 unspecified atom stereocenters. The number of nitrogens with zero attached hydrogens (tertiary/aromatic N) is 2. The molecule has 2 aromatic carbocycles. The summed E-state index contributed by atoms with van der Waals surface area (Å²) in [5.41, 5.74) is 4.46. The predicted molar refractivity (Wildman–Crippen MR) is 109 cm³/mol. The van der Waals surface area contributed by atoms with E-state index in [2.05, 4.69) is 16.5 Å². The zero-order chi connectivity index (χ0) is 18.6. The molecule has 0 atom stereocenters. The van der Waals surface area contributed by atoms with Crippen molar-refractivity contribution in [3.63, 3.8) is 0 Å². The Morgan fingerprint density at radius 3 is 2.67 bits per heavy atom. The number of aromatic nitrogens is 2. The average Bonchev–Trinajstić information content (AvgIpc) is 3.36. The molecule has 0 aliphatic heterocycles. The molecule has 2 heterocycles. The van der Waals surface area contributed by atoms with Gasteiger partial charge in [0.2, 0.25) is 0 Å². The number of hydrogen-bond donors (Lipinski definition) is 1. The van der Waals surface area contributed by atoms with E-state index in [9.17, 15) is 4.79 Å². The summed E-state index contributed by atoms with van der Waals surface area (Å²) in [4.78, 5) is 13.9. The fourth-order valence-electron chi connectivity index (χ4n) is 2.95. The van der Waals surface area contributed by atoms with Crippen LogP contribution in [0.3, 0.4) is 0 Å². The summed E-state index contributed by atoms with van der Waals surface area (Å²) in [6, 6.07) is 21.9. The van der Waals surface area contributed by atoms with Crippen LogP contribution in [0.5, 0.6) is 0 Å². The largest absolute Gasteiger partial charge is 0.348 e. The van der Waals surface area contributed by atoms with Crippen LogP contribution in [0.2, 0.25) is 0 Å². The van der Waals surface area contributed by atoms with E-state index in [-0.39, 0.29) is 5.91 Å². The number of hydrogen-bond acceptors (Lipinski definition) is 3. The third-order valence-electron chi connectivity index (χ3n) is 4.27. The number of carbonyl (C=O) groups is 1. The lowest BCUT2D eigenvalue weighted by atomic mass is 10.1. The van der Waals surface area contributed by atoms with E-state index in [1.54, 1.807) is 22.2 Å². The molecule has 0 saturated carbocycles. The Morgan fingerprint density at radius 2 is 1.93 bits per heavy atom. The minimum absolute atomic E-state index is 0.123. The van der Waals surface area contributed by atoms with Gasteiger partial charge in [0.05, 0.1) is 16.1 Å². The van der Waals surface area contributed by atoms with Crippen LogP contribution in [-0.2, 0) is 6.54 Å². The summed E-state index contributed by atoms with van der Waals surface area (Å²) in [7, 11) is 0. The van der Waals surface area contributed by atoms with E-state index >= 15 is 0 Å². The summed E-state index contributed by atoms with van der Waals surface area (Å²) < 4.78 is 1.76. The molecule has 27 heavy (non-hydrogen) atoms. The Labute approximate surface area is 162 Å². The monoisotopic (exact) mass is 373 g/mol. The third-order valence-corrected chi connectivity index (χ3v) is 5.15. The van der Waals surface area contributed by atoms with Gasteiger partial charge >= 0.3 is 0 Å². The fraction of sp³-hybridized carbons (Fsp3) is 0.0909. The number of para-hydroxylation sites is 1. The molecule has 0 bridgehead atoms. The van der Waals surface area contributed by atoms with Crippen molar-refractivity contribution >= 4 is 17.2 Å². The number of thiophene rings is 1. The maximum absolute atomic E-state index is 12.9. The first-order valence-electron chi connectivity index (χ1n) is 8.73. The van der Waals surface area contributed by atoms with E-state index in [0.717, 1.165) is 16.1 Å². The highest BCUT2D eigenvalue weighted by atomic mass is 32.1. The molecule has 2 aromatic heterocycles. The Balaban J connectivity index is 1.64. The summed E-state index contributed by atoms with van der Waals surface area (Å²) in [5.74, 6) is -0.123. The van der Waals surface area contributed by atoms with Gasteiger partial charge in [0, 0.05) is 12.7 Å². The first kappa shape index (κ1) is 17.2. The summed E-state index contributed by atoms with van der Waals surface area (Å²) in [6.07, 6.45) is 1.80. The molecule has 0 spiro atoms. The van der Waals surface area contributed by atoms with Gasteiger partial charge in [-0.15, -0.1) is 11.3 Å². The van der Waals surface area contributed by atoms with Crippen molar-refractivity contribution in [2.45, 2.75) is 13.5 Å². The van der Waals surface area contributed by atoms with Crippen molar-refractivity contribution < 1.29 is 4.79 Å². The normalized spacial score (nSPS) is 10.7. The van der Waals surface area contributed by atoms with Crippen LogP contribution in [0.25, 0.3) is 16.3 Å². The minimum atomic E-state index is -0.123. The van der Waals surface area contributed by atoms with E-state index in [1.807, 2.05) is 73.0 Å². The molecule has 1 amide bonds. The van der Waals surface area contributed by atoms with Crippen LogP contribution < -0.4 is 5.32 Å². The minimum Gasteiger partial charge on any atom is -0.348 e. The first-order chi connectivity index (χ1) is 13.2. The van der Waals surface area contributed by atoms with Crippen molar-refractivity contribution in [1.29, 1.82) is 0 Å². The first-order valence-corrected chi connectivity index (χ1v) is 9.61. The van der Waals surface area contributed by atoms with Gasteiger partial charge in [0.1, 0.15) is 5.69 Å². The lowest BCUT2D eigenvalue weighted by Crippen LogP contribution is -2.23. The van der Waals surface area contributed by atoms with E-state index in [0.29, 0.717) is 17.8 Å². The molecule has 0 aliphatic rings. The van der Waals surface area contributed by atoms with Crippen LogP contribution >= 0.6 is 11.3 Å². The molecule has 0 fully saturated rings. The highest BCUT2D eigenvalue weighted by Gasteiger charge is 2.19. The number of aryl methyl sites for hydroxylation is 1. The number of amides is 1. The van der Waals surface area contributed by atoms with E-state index in [4.69, 9.17) is 0 Å². The molecule has 0 radical (unpaired) electrons. The van der Waals surface area contributed by atoms with E-state index in [1.165, 1.54) is 5.56 Å². The second-order valence-corrected chi connectivity index (χ2v) is 7.27. The van der Waals surface area contributed by atoms with Gasteiger partial charge in [-0.3, -0.25) is 4.79 Å². The molecule has 5 heteroatoms. The van der Waals surface area contributed by atoms with Gasteiger partial charge in [0.15, 0.2) is 0 Å². The SMILES string of the molecule is Cc1cccc(CNC(=O)c2cn(-c3ccccc3)nc2-c2cccs2)c1. The molecule has 4 aromatic rings. The van der Waals surface area contributed by atoms with Gasteiger partial charge in [-0.05, 0) is 36.1 Å². The molecule has 4 nitrogen and oxygen atoms in total. The summed E-state index contributed by atoms with van der Waals surface area (Å²) >= 11 is 1.58. The Bertz CT molecular complexity index is 1050. The van der Waals surface area contributed by atoms with Gasteiger partial charge in [-0.1, -0.05) is 54.1 Å². The number of rotatable bonds is 5. The lowest BCUT2D eigenvalue weighted by Gasteiger charge is -2.06. The molecular formula is C22H19N3OS. The van der Waals surface area contributed by atoms with Crippen molar-refractivity contribution in [3.8, 4) is 16.3 Å². The van der Waals surface area contributed by atoms with Gasteiger partial charge < -0.3 is 5.32 Å². The lowest BCUT2D eigenvalue weighted by molar-refractivity contribution is 0.0951. The molecule has 0 saturated heterocycles. The van der Waals surface area contributed by atoms with Crippen LogP contribution in [0.15, 0.2) is 78.3 Å². The third kappa shape index (κ3) is 3.83. The second-order valence-electron chi connectivity index (χ2n) is 6.32. The van der Waals surface area contributed by atoms with Crippen LogP contribution in [-0.4, -0.2) is 15.7 Å². The number of benzene rings is 2. The molecule has 4 rings (SSSR count). The molecular weight excluding hydrogens is 354 g/mol. The molecule has 0 aliphatic carbocycles. The second kappa shape index (κ2) is 7.60. The highest BCUT2D eigenvalue weighted by molar-refractivity contribution is 7.13. The number of nitrogens with one attached hydrogen (secondary N) is 1. The highest BCUT2D eigenvalue weighted by Crippen LogP contribution is 2.27. The van der Waals surface area contributed by atoms with Crippen LogP contribution in [0.4, 0.5) is 0 Å². The fourth-order valence-corrected chi connectivity index (χ4v) is 3.67. The van der Waals surface area contributed by atoms with E-state index < -0.39 is 0 Å². The smallest absolute Gasteiger partial charge is 0.255 e. The summed E-state index contributed by atoms with van der Waals surface area (Å²) in [6.45, 7) is 2.53. The van der Waals surface area contributed by atoms with Crippen molar-refractivity contribution in [2.24, 2.45) is 0 Å². The zero-order valence-corrected chi connectivity index (χ0v) is 15.7. The zero-order valence-electron chi connectivity index (χ0n) is 14.9. The topological polar surface area (TPSA) is 46.9 Å². The quantitative estimate of drug-likeness (QED) is 0.544. The standard InChI is InChI=1S/C22H19N3OS/c1-16-7-5-8-17(13-16)14-23-22(26)19-15-25(18-9-3-2-4-10-18)24-21(19)20-11-6-12-27-20/h2-13,15H,14H2,1H3,(H,23,26).